The molecule has 2 heterocycles. The number of benzene rings is 1. The molecule has 1 aliphatic heterocycles. The van der Waals surface area contributed by atoms with Crippen molar-refractivity contribution < 1.29 is 0 Å². The second kappa shape index (κ2) is 4.67. The third-order valence-electron chi connectivity index (χ3n) is 3.76. The van der Waals surface area contributed by atoms with Gasteiger partial charge in [-0.25, -0.2) is 0 Å². The molecule has 94 valence electrons. The highest BCUT2D eigenvalue weighted by Crippen LogP contribution is 2.26. The topological polar surface area (TPSA) is 28.2 Å². The molecule has 1 N–H and O–H groups in total. The molecule has 0 saturated carbocycles. The van der Waals surface area contributed by atoms with Gasteiger partial charge in [-0.3, -0.25) is 4.98 Å². The molecule has 1 aromatic carbocycles. The number of hydrogen-bond acceptors (Lipinski definition) is 3. The van der Waals surface area contributed by atoms with E-state index in [9.17, 15) is 0 Å². The van der Waals surface area contributed by atoms with Crippen LogP contribution in [0.4, 0.5) is 0 Å². The summed E-state index contributed by atoms with van der Waals surface area (Å²) in [5, 5.41) is 4.89. The number of hydrogen-bond donors (Lipinski definition) is 1. The van der Waals surface area contributed by atoms with Crippen LogP contribution in [0.25, 0.3) is 10.9 Å². The van der Waals surface area contributed by atoms with E-state index < -0.39 is 0 Å². The monoisotopic (exact) mass is 241 g/mol. The van der Waals surface area contributed by atoms with Gasteiger partial charge in [-0.1, -0.05) is 18.2 Å². The maximum atomic E-state index is 4.51. The van der Waals surface area contributed by atoms with Crippen molar-refractivity contribution in [2.75, 3.05) is 26.7 Å². The highest BCUT2D eigenvalue weighted by atomic mass is 15.2. The second-order valence-corrected chi connectivity index (χ2v) is 5.14. The Morgan fingerprint density at radius 3 is 3.06 bits per heavy atom. The van der Waals surface area contributed by atoms with E-state index in [4.69, 9.17) is 0 Å². The average Bonchev–Trinajstić information content (AvgIpc) is 2.39. The van der Waals surface area contributed by atoms with E-state index in [1.54, 1.807) is 0 Å². The Kier molecular flexibility index (Phi) is 3.02. The Morgan fingerprint density at radius 2 is 2.22 bits per heavy atom. The number of fused-ring (bicyclic) bond motifs is 1. The number of piperazine rings is 1. The van der Waals surface area contributed by atoms with Crippen LogP contribution in [-0.2, 0) is 0 Å². The van der Waals surface area contributed by atoms with Crippen LogP contribution in [0.3, 0.4) is 0 Å². The van der Waals surface area contributed by atoms with Gasteiger partial charge in [0.25, 0.3) is 0 Å². The van der Waals surface area contributed by atoms with E-state index in [0.29, 0.717) is 6.04 Å². The Bertz CT molecular complexity index is 565. The first-order chi connectivity index (χ1) is 8.75. The number of para-hydroxylation sites is 1. The number of likely N-dealkylation sites (N-methyl/N-ethyl adjacent to an activating group) is 1. The van der Waals surface area contributed by atoms with E-state index in [0.717, 1.165) is 25.2 Å². The Balaban J connectivity index is 2.09. The van der Waals surface area contributed by atoms with Crippen molar-refractivity contribution in [1.82, 2.24) is 15.2 Å². The van der Waals surface area contributed by atoms with Gasteiger partial charge in [0.05, 0.1) is 5.52 Å². The summed E-state index contributed by atoms with van der Waals surface area (Å²) >= 11 is 0. The van der Waals surface area contributed by atoms with Gasteiger partial charge < -0.3 is 10.2 Å². The first kappa shape index (κ1) is 11.6. The van der Waals surface area contributed by atoms with Crippen LogP contribution >= 0.6 is 0 Å². The first-order valence-electron chi connectivity index (χ1n) is 6.52. The SMILES string of the molecule is Cc1cccc2c(C3CN(C)CCN3)ccnc12. The molecular formula is C15H19N3. The molecule has 3 nitrogen and oxygen atoms in total. The zero-order valence-electron chi connectivity index (χ0n) is 11.0. The molecular weight excluding hydrogens is 222 g/mol. The maximum Gasteiger partial charge on any atom is 0.0734 e. The van der Waals surface area contributed by atoms with Crippen LogP contribution < -0.4 is 5.32 Å². The van der Waals surface area contributed by atoms with E-state index in [1.807, 2.05) is 6.20 Å². The van der Waals surface area contributed by atoms with Crippen molar-refractivity contribution in [3.8, 4) is 0 Å². The molecule has 1 saturated heterocycles. The summed E-state index contributed by atoms with van der Waals surface area (Å²) in [6.45, 7) is 5.36. The second-order valence-electron chi connectivity index (χ2n) is 5.14. The molecule has 0 bridgehead atoms. The minimum atomic E-state index is 0.413. The van der Waals surface area contributed by atoms with Gasteiger partial charge in [0.15, 0.2) is 0 Å². The highest BCUT2D eigenvalue weighted by Gasteiger charge is 2.20. The molecule has 0 aliphatic carbocycles. The van der Waals surface area contributed by atoms with Crippen LogP contribution in [-0.4, -0.2) is 36.6 Å². The number of pyridine rings is 1. The predicted molar refractivity (Wildman–Crippen MR) is 74.7 cm³/mol. The fourth-order valence-corrected chi connectivity index (χ4v) is 2.75. The molecule has 3 heteroatoms. The molecule has 2 aromatic rings. The number of rotatable bonds is 1. The van der Waals surface area contributed by atoms with Crippen molar-refractivity contribution in [3.63, 3.8) is 0 Å². The Hall–Kier alpha value is -1.45. The fourth-order valence-electron chi connectivity index (χ4n) is 2.75. The molecule has 0 radical (unpaired) electrons. The summed E-state index contributed by atoms with van der Waals surface area (Å²) in [6.07, 6.45) is 1.93. The van der Waals surface area contributed by atoms with Crippen molar-refractivity contribution in [2.45, 2.75) is 13.0 Å². The van der Waals surface area contributed by atoms with Crippen LogP contribution in [0.1, 0.15) is 17.2 Å². The minimum Gasteiger partial charge on any atom is -0.308 e. The zero-order chi connectivity index (χ0) is 12.5. The van der Waals surface area contributed by atoms with Gasteiger partial charge in [0, 0.05) is 37.3 Å². The fraction of sp³-hybridized carbons (Fsp3) is 0.400. The number of nitrogens with one attached hydrogen (secondary N) is 1. The Morgan fingerprint density at radius 1 is 1.33 bits per heavy atom. The number of aryl methyl sites for hydroxylation is 1. The molecule has 1 atom stereocenters. The lowest BCUT2D eigenvalue weighted by molar-refractivity contribution is 0.241. The normalized spacial score (nSPS) is 21.3. The van der Waals surface area contributed by atoms with E-state index >= 15 is 0 Å². The van der Waals surface area contributed by atoms with Gasteiger partial charge >= 0.3 is 0 Å². The molecule has 18 heavy (non-hydrogen) atoms. The molecule has 0 spiro atoms. The van der Waals surface area contributed by atoms with Crippen molar-refractivity contribution in [3.05, 3.63) is 41.6 Å². The maximum absolute atomic E-state index is 4.51. The summed E-state index contributed by atoms with van der Waals surface area (Å²) in [6, 6.07) is 8.99. The standard InChI is InChI=1S/C15H19N3/c1-11-4-3-5-13-12(6-7-17-15(11)13)14-10-18(2)9-8-16-14/h3-7,14,16H,8-10H2,1-2H3. The molecule has 1 aliphatic rings. The highest BCUT2D eigenvalue weighted by molar-refractivity contribution is 5.85. The lowest BCUT2D eigenvalue weighted by Gasteiger charge is -2.31. The van der Waals surface area contributed by atoms with Crippen LogP contribution in [0.15, 0.2) is 30.5 Å². The van der Waals surface area contributed by atoms with Gasteiger partial charge in [-0.05, 0) is 31.2 Å². The number of aromatic nitrogens is 1. The Labute approximate surface area is 108 Å². The van der Waals surface area contributed by atoms with Gasteiger partial charge in [0.2, 0.25) is 0 Å². The van der Waals surface area contributed by atoms with E-state index in [-0.39, 0.29) is 0 Å². The predicted octanol–water partition coefficient (Wildman–Crippen LogP) is 2.12. The summed E-state index contributed by atoms with van der Waals surface area (Å²) in [5.74, 6) is 0. The molecule has 0 amide bonds. The smallest absolute Gasteiger partial charge is 0.0734 e. The molecule has 3 rings (SSSR count). The van der Waals surface area contributed by atoms with Crippen LogP contribution in [0, 0.1) is 6.92 Å². The zero-order valence-corrected chi connectivity index (χ0v) is 11.0. The largest absolute Gasteiger partial charge is 0.308 e. The van der Waals surface area contributed by atoms with Gasteiger partial charge in [-0.2, -0.15) is 0 Å². The molecule has 1 unspecified atom stereocenters. The minimum absolute atomic E-state index is 0.413. The molecule has 1 aromatic heterocycles. The first-order valence-corrected chi connectivity index (χ1v) is 6.52. The third-order valence-corrected chi connectivity index (χ3v) is 3.76. The third kappa shape index (κ3) is 2.00. The average molecular weight is 241 g/mol. The van der Waals surface area contributed by atoms with Gasteiger partial charge in [-0.15, -0.1) is 0 Å². The summed E-state index contributed by atoms with van der Waals surface area (Å²) in [5.41, 5.74) is 3.75. The van der Waals surface area contributed by atoms with Crippen molar-refractivity contribution in [2.24, 2.45) is 0 Å². The summed E-state index contributed by atoms with van der Waals surface area (Å²) in [7, 11) is 2.18. The van der Waals surface area contributed by atoms with Gasteiger partial charge in [0.1, 0.15) is 0 Å². The van der Waals surface area contributed by atoms with Crippen molar-refractivity contribution >= 4 is 10.9 Å². The van der Waals surface area contributed by atoms with Crippen LogP contribution in [0.5, 0.6) is 0 Å². The van der Waals surface area contributed by atoms with Crippen LogP contribution in [0.2, 0.25) is 0 Å². The summed E-state index contributed by atoms with van der Waals surface area (Å²) < 4.78 is 0. The van der Waals surface area contributed by atoms with E-state index in [2.05, 4.69) is 53.4 Å². The van der Waals surface area contributed by atoms with Crippen molar-refractivity contribution in [1.29, 1.82) is 0 Å². The quantitative estimate of drug-likeness (QED) is 0.829. The summed E-state index contributed by atoms with van der Waals surface area (Å²) in [4.78, 5) is 6.89. The van der Waals surface area contributed by atoms with E-state index in [1.165, 1.54) is 16.5 Å². The molecule has 1 fully saturated rings. The lowest BCUT2D eigenvalue weighted by atomic mass is 9.99. The number of nitrogens with zero attached hydrogens (tertiary/aromatic N) is 2. The lowest BCUT2D eigenvalue weighted by Crippen LogP contribution is -2.43.